The molecule has 0 radical (unpaired) electrons. The Kier molecular flexibility index (Phi) is 6.46. The number of carbonyl (C=O) groups is 2. The van der Waals surface area contributed by atoms with Gasteiger partial charge >= 0.3 is 6.03 Å². The summed E-state index contributed by atoms with van der Waals surface area (Å²) in [5, 5.41) is 2.84. The highest BCUT2D eigenvalue weighted by Crippen LogP contribution is 2.21. The lowest BCUT2D eigenvalue weighted by molar-refractivity contribution is 0.00844. The molecule has 26 heavy (non-hydrogen) atoms. The maximum Gasteiger partial charge on any atom is 0.321 e. The van der Waals surface area contributed by atoms with E-state index in [2.05, 4.69) is 5.32 Å². The van der Waals surface area contributed by atoms with Crippen LogP contribution in [0.3, 0.4) is 0 Å². The van der Waals surface area contributed by atoms with Gasteiger partial charge in [0.05, 0.1) is 6.10 Å². The highest BCUT2D eigenvalue weighted by Gasteiger charge is 2.25. The second kappa shape index (κ2) is 9.00. The molecule has 1 aromatic carbocycles. The third-order valence-electron chi connectivity index (χ3n) is 4.92. The number of amides is 3. The standard InChI is InChI=1S/C19H28N4O3/c20-8-2-13-26-17-6-11-22(12-7-17)18(24)15-4-1-5-16(14-15)23-10-3-9-21-19(23)25/h1,4-5,14,17H,2-3,6-13,20H2,(H,21,25). The molecule has 0 spiro atoms. The molecule has 3 amide bonds. The SMILES string of the molecule is NCCCOC1CCN(C(=O)c2cccc(N3CCCNC3=O)c2)CC1. The number of likely N-dealkylation sites (tertiary alicyclic amines) is 1. The van der Waals surface area contributed by atoms with Crippen molar-refractivity contribution in [2.75, 3.05) is 44.2 Å². The Balaban J connectivity index is 1.58. The lowest BCUT2D eigenvalue weighted by Crippen LogP contribution is -2.46. The summed E-state index contributed by atoms with van der Waals surface area (Å²) in [5.74, 6) is 0.0182. The molecule has 0 bridgehead atoms. The number of nitrogens with two attached hydrogens (primary N) is 1. The van der Waals surface area contributed by atoms with Crippen LogP contribution in [0.1, 0.15) is 36.0 Å². The average molecular weight is 360 g/mol. The van der Waals surface area contributed by atoms with Crippen molar-refractivity contribution >= 4 is 17.6 Å². The predicted molar refractivity (Wildman–Crippen MR) is 100 cm³/mol. The number of ether oxygens (including phenoxy) is 1. The highest BCUT2D eigenvalue weighted by atomic mass is 16.5. The molecule has 0 aromatic heterocycles. The third-order valence-corrected chi connectivity index (χ3v) is 4.92. The van der Waals surface area contributed by atoms with Crippen molar-refractivity contribution in [3.05, 3.63) is 29.8 Å². The van der Waals surface area contributed by atoms with Gasteiger partial charge in [0, 0.05) is 44.0 Å². The van der Waals surface area contributed by atoms with Crippen LogP contribution in [0.2, 0.25) is 0 Å². The van der Waals surface area contributed by atoms with Crippen LogP contribution < -0.4 is 16.0 Å². The van der Waals surface area contributed by atoms with Gasteiger partial charge in [0.1, 0.15) is 0 Å². The molecule has 7 heteroatoms. The van der Waals surface area contributed by atoms with Crippen LogP contribution in [-0.4, -0.2) is 62.3 Å². The van der Waals surface area contributed by atoms with E-state index in [1.165, 1.54) is 0 Å². The van der Waals surface area contributed by atoms with Crippen LogP contribution in [0.5, 0.6) is 0 Å². The first kappa shape index (κ1) is 18.7. The number of anilines is 1. The zero-order chi connectivity index (χ0) is 18.4. The van der Waals surface area contributed by atoms with E-state index < -0.39 is 0 Å². The second-order valence-corrected chi connectivity index (χ2v) is 6.79. The molecule has 2 heterocycles. The summed E-state index contributed by atoms with van der Waals surface area (Å²) in [6, 6.07) is 7.25. The molecular weight excluding hydrogens is 332 g/mol. The van der Waals surface area contributed by atoms with E-state index in [-0.39, 0.29) is 18.0 Å². The molecule has 2 fully saturated rings. The van der Waals surface area contributed by atoms with Crippen LogP contribution in [0.25, 0.3) is 0 Å². The van der Waals surface area contributed by atoms with Gasteiger partial charge in [-0.1, -0.05) is 6.07 Å². The molecule has 2 aliphatic rings. The maximum absolute atomic E-state index is 12.8. The summed E-state index contributed by atoms with van der Waals surface area (Å²) in [6.45, 7) is 4.10. The third kappa shape index (κ3) is 4.53. The maximum atomic E-state index is 12.8. The van der Waals surface area contributed by atoms with E-state index in [9.17, 15) is 9.59 Å². The van der Waals surface area contributed by atoms with Crippen LogP contribution in [-0.2, 0) is 4.74 Å². The molecule has 7 nitrogen and oxygen atoms in total. The van der Waals surface area contributed by atoms with Crippen molar-refractivity contribution in [1.29, 1.82) is 0 Å². The van der Waals surface area contributed by atoms with Crippen molar-refractivity contribution in [3.8, 4) is 0 Å². The van der Waals surface area contributed by atoms with Crippen LogP contribution in [0, 0.1) is 0 Å². The Bertz CT molecular complexity index is 629. The first-order valence-corrected chi connectivity index (χ1v) is 9.45. The van der Waals surface area contributed by atoms with Crippen LogP contribution >= 0.6 is 0 Å². The predicted octanol–water partition coefficient (Wildman–Crippen LogP) is 1.58. The molecule has 142 valence electrons. The Morgan fingerprint density at radius 2 is 2.08 bits per heavy atom. The van der Waals surface area contributed by atoms with Crippen molar-refractivity contribution in [2.24, 2.45) is 5.73 Å². The molecule has 0 saturated carbocycles. The smallest absolute Gasteiger partial charge is 0.321 e. The monoisotopic (exact) mass is 360 g/mol. The van der Waals surface area contributed by atoms with E-state index in [0.29, 0.717) is 44.9 Å². The fourth-order valence-electron chi connectivity index (χ4n) is 3.42. The minimum absolute atomic E-state index is 0.0182. The van der Waals surface area contributed by atoms with Crippen molar-refractivity contribution in [3.63, 3.8) is 0 Å². The quantitative estimate of drug-likeness (QED) is 0.754. The van der Waals surface area contributed by atoms with E-state index in [4.69, 9.17) is 10.5 Å². The molecule has 3 rings (SSSR count). The van der Waals surface area contributed by atoms with Gasteiger partial charge in [-0.15, -0.1) is 0 Å². The molecule has 0 aliphatic carbocycles. The van der Waals surface area contributed by atoms with Gasteiger partial charge in [0.25, 0.3) is 5.91 Å². The Morgan fingerprint density at radius 3 is 2.81 bits per heavy atom. The van der Waals surface area contributed by atoms with E-state index in [1.807, 2.05) is 29.2 Å². The zero-order valence-electron chi connectivity index (χ0n) is 15.2. The first-order valence-electron chi connectivity index (χ1n) is 9.45. The number of nitrogens with zero attached hydrogens (tertiary/aromatic N) is 2. The number of rotatable bonds is 6. The van der Waals surface area contributed by atoms with Crippen molar-refractivity contribution < 1.29 is 14.3 Å². The molecule has 0 atom stereocenters. The first-order chi connectivity index (χ1) is 12.7. The van der Waals surface area contributed by atoms with Crippen molar-refractivity contribution in [1.82, 2.24) is 10.2 Å². The fraction of sp³-hybridized carbons (Fsp3) is 0.579. The fourth-order valence-corrected chi connectivity index (χ4v) is 3.42. The number of urea groups is 1. The van der Waals surface area contributed by atoms with Gasteiger partial charge in [-0.3, -0.25) is 9.69 Å². The summed E-state index contributed by atoms with van der Waals surface area (Å²) < 4.78 is 5.80. The minimum Gasteiger partial charge on any atom is -0.378 e. The molecule has 0 unspecified atom stereocenters. The minimum atomic E-state index is -0.101. The van der Waals surface area contributed by atoms with Gasteiger partial charge in [0.2, 0.25) is 0 Å². The van der Waals surface area contributed by atoms with Crippen LogP contribution in [0.15, 0.2) is 24.3 Å². The number of hydrogen-bond donors (Lipinski definition) is 2. The van der Waals surface area contributed by atoms with Crippen LogP contribution in [0.4, 0.5) is 10.5 Å². The Hall–Kier alpha value is -2.12. The Labute approximate surface area is 154 Å². The normalized spacial score (nSPS) is 18.7. The van der Waals surface area contributed by atoms with Gasteiger partial charge in [-0.2, -0.15) is 0 Å². The highest BCUT2D eigenvalue weighted by molar-refractivity contribution is 5.98. The number of benzene rings is 1. The van der Waals surface area contributed by atoms with Crippen molar-refractivity contribution in [2.45, 2.75) is 31.8 Å². The summed E-state index contributed by atoms with van der Waals surface area (Å²) in [5.41, 5.74) is 6.88. The number of hydrogen-bond acceptors (Lipinski definition) is 4. The molecule has 2 aliphatic heterocycles. The average Bonchev–Trinajstić information content (AvgIpc) is 2.69. The summed E-state index contributed by atoms with van der Waals surface area (Å²) in [6.07, 6.45) is 3.70. The lowest BCUT2D eigenvalue weighted by atomic mass is 10.1. The molecule has 3 N–H and O–H groups in total. The van der Waals surface area contributed by atoms with Gasteiger partial charge < -0.3 is 20.7 Å². The summed E-state index contributed by atoms with van der Waals surface area (Å²) in [4.78, 5) is 28.4. The number of carbonyl (C=O) groups excluding carboxylic acids is 2. The largest absolute Gasteiger partial charge is 0.378 e. The van der Waals surface area contributed by atoms with Gasteiger partial charge in [-0.25, -0.2) is 4.79 Å². The number of piperidine rings is 1. The topological polar surface area (TPSA) is 87.9 Å². The van der Waals surface area contributed by atoms with Gasteiger partial charge in [-0.05, 0) is 50.4 Å². The molecule has 2 saturated heterocycles. The second-order valence-electron chi connectivity index (χ2n) is 6.79. The van der Waals surface area contributed by atoms with Gasteiger partial charge in [0.15, 0.2) is 0 Å². The zero-order valence-corrected chi connectivity index (χ0v) is 15.2. The number of nitrogens with one attached hydrogen (secondary N) is 1. The van der Waals surface area contributed by atoms with E-state index in [1.54, 1.807) is 4.90 Å². The molecular formula is C19H28N4O3. The lowest BCUT2D eigenvalue weighted by Gasteiger charge is -2.32. The van der Waals surface area contributed by atoms with E-state index >= 15 is 0 Å². The molecule has 1 aromatic rings. The summed E-state index contributed by atoms with van der Waals surface area (Å²) >= 11 is 0. The van der Waals surface area contributed by atoms with E-state index in [0.717, 1.165) is 31.4 Å². The summed E-state index contributed by atoms with van der Waals surface area (Å²) in [7, 11) is 0. The Morgan fingerprint density at radius 1 is 1.27 bits per heavy atom.